The fourth-order valence-electron chi connectivity index (χ4n) is 2.82. The Morgan fingerprint density at radius 1 is 1.35 bits per heavy atom. The van der Waals surface area contributed by atoms with Gasteiger partial charge < -0.3 is 5.11 Å². The highest BCUT2D eigenvalue weighted by Gasteiger charge is 2.31. The number of hydrogen-bond acceptors (Lipinski definition) is 2. The number of anilines is 1. The number of carbonyl (C=O) groups is 1. The SMILES string of the molecule is O=C(O)Nc1c2c(nc3c1CCC3F)CCC2. The van der Waals surface area contributed by atoms with Crippen LogP contribution in [0, 0.1) is 0 Å². The maximum absolute atomic E-state index is 13.7. The van der Waals surface area contributed by atoms with Gasteiger partial charge in [-0.15, -0.1) is 0 Å². The van der Waals surface area contributed by atoms with E-state index in [1.807, 2.05) is 0 Å². The van der Waals surface area contributed by atoms with Gasteiger partial charge in [-0.05, 0) is 37.7 Å². The molecule has 17 heavy (non-hydrogen) atoms. The van der Waals surface area contributed by atoms with Crippen LogP contribution in [0.2, 0.25) is 0 Å². The summed E-state index contributed by atoms with van der Waals surface area (Å²) in [5.74, 6) is 0. The Morgan fingerprint density at radius 2 is 2.18 bits per heavy atom. The minimum atomic E-state index is -1.09. The number of aromatic nitrogens is 1. The van der Waals surface area contributed by atoms with Crippen molar-refractivity contribution in [1.29, 1.82) is 0 Å². The van der Waals surface area contributed by atoms with Crippen molar-refractivity contribution in [3.8, 4) is 0 Å². The fourth-order valence-corrected chi connectivity index (χ4v) is 2.82. The molecule has 90 valence electrons. The van der Waals surface area contributed by atoms with Crippen molar-refractivity contribution >= 4 is 11.8 Å². The lowest BCUT2D eigenvalue weighted by atomic mass is 10.1. The Labute approximate surface area is 97.9 Å². The maximum Gasteiger partial charge on any atom is 0.409 e. The van der Waals surface area contributed by atoms with Crippen molar-refractivity contribution in [2.24, 2.45) is 0 Å². The lowest BCUT2D eigenvalue weighted by Crippen LogP contribution is -2.13. The van der Waals surface area contributed by atoms with E-state index in [0.29, 0.717) is 24.2 Å². The van der Waals surface area contributed by atoms with E-state index in [2.05, 4.69) is 10.3 Å². The molecule has 0 aliphatic heterocycles. The number of aryl methyl sites for hydroxylation is 1. The van der Waals surface area contributed by atoms with Crippen molar-refractivity contribution in [3.05, 3.63) is 22.5 Å². The molecule has 0 saturated heterocycles. The topological polar surface area (TPSA) is 62.2 Å². The van der Waals surface area contributed by atoms with Gasteiger partial charge in [0.05, 0.1) is 11.4 Å². The van der Waals surface area contributed by atoms with Gasteiger partial charge in [0.1, 0.15) is 6.17 Å². The highest BCUT2D eigenvalue weighted by molar-refractivity contribution is 5.86. The average molecular weight is 236 g/mol. The Morgan fingerprint density at radius 3 is 2.94 bits per heavy atom. The number of pyridine rings is 1. The van der Waals surface area contributed by atoms with E-state index in [0.717, 1.165) is 36.1 Å². The number of hydrogen-bond donors (Lipinski definition) is 2. The van der Waals surface area contributed by atoms with Crippen LogP contribution < -0.4 is 5.32 Å². The normalized spacial score (nSPS) is 21.1. The molecule has 3 rings (SSSR count). The first-order valence-corrected chi connectivity index (χ1v) is 5.85. The quantitative estimate of drug-likeness (QED) is 0.787. The molecule has 2 aliphatic rings. The smallest absolute Gasteiger partial charge is 0.409 e. The Kier molecular flexibility index (Phi) is 2.28. The number of rotatable bonds is 1. The number of nitrogens with zero attached hydrogens (tertiary/aromatic N) is 1. The molecule has 0 spiro atoms. The molecule has 0 fully saturated rings. The zero-order valence-electron chi connectivity index (χ0n) is 9.29. The van der Waals surface area contributed by atoms with Crippen LogP contribution in [-0.4, -0.2) is 16.2 Å². The van der Waals surface area contributed by atoms with Gasteiger partial charge in [0.2, 0.25) is 0 Å². The number of alkyl halides is 1. The lowest BCUT2D eigenvalue weighted by Gasteiger charge is -2.13. The van der Waals surface area contributed by atoms with E-state index in [-0.39, 0.29) is 0 Å². The summed E-state index contributed by atoms with van der Waals surface area (Å²) in [6, 6.07) is 0. The van der Waals surface area contributed by atoms with Gasteiger partial charge in [0.25, 0.3) is 0 Å². The summed E-state index contributed by atoms with van der Waals surface area (Å²) >= 11 is 0. The van der Waals surface area contributed by atoms with Crippen LogP contribution in [0.5, 0.6) is 0 Å². The second kappa shape index (κ2) is 3.68. The molecule has 1 aromatic rings. The van der Waals surface area contributed by atoms with Crippen LogP contribution in [0.1, 0.15) is 41.5 Å². The molecule has 0 aromatic carbocycles. The third kappa shape index (κ3) is 1.57. The summed E-state index contributed by atoms with van der Waals surface area (Å²) < 4.78 is 13.7. The van der Waals surface area contributed by atoms with E-state index in [1.54, 1.807) is 0 Å². The number of amides is 1. The van der Waals surface area contributed by atoms with Crippen LogP contribution in [0.15, 0.2) is 0 Å². The van der Waals surface area contributed by atoms with Gasteiger partial charge in [0.15, 0.2) is 0 Å². The molecule has 5 heteroatoms. The molecule has 0 saturated carbocycles. The minimum absolute atomic E-state index is 0.416. The van der Waals surface area contributed by atoms with Crippen LogP contribution >= 0.6 is 0 Å². The van der Waals surface area contributed by atoms with E-state index < -0.39 is 12.3 Å². The molecule has 2 aliphatic carbocycles. The molecule has 4 nitrogen and oxygen atoms in total. The van der Waals surface area contributed by atoms with Crippen molar-refractivity contribution in [3.63, 3.8) is 0 Å². The predicted molar refractivity (Wildman–Crippen MR) is 60.1 cm³/mol. The zero-order chi connectivity index (χ0) is 12.0. The van der Waals surface area contributed by atoms with Gasteiger partial charge in [-0.25, -0.2) is 9.18 Å². The van der Waals surface area contributed by atoms with Crippen LogP contribution in [0.25, 0.3) is 0 Å². The van der Waals surface area contributed by atoms with Crippen LogP contribution in [0.3, 0.4) is 0 Å². The minimum Gasteiger partial charge on any atom is -0.465 e. The standard InChI is InChI=1S/C12H13FN2O2/c13-8-5-4-7-10(15-12(16)17)6-2-1-3-9(6)14-11(7)8/h8H,1-5H2,(H,14,15)(H,16,17). The van der Waals surface area contributed by atoms with Gasteiger partial charge in [-0.2, -0.15) is 0 Å². The molecule has 1 heterocycles. The first kappa shape index (κ1) is 10.5. The van der Waals surface area contributed by atoms with E-state index in [1.165, 1.54) is 0 Å². The molecule has 1 amide bonds. The van der Waals surface area contributed by atoms with Crippen molar-refractivity contribution in [2.45, 2.75) is 38.3 Å². The third-order valence-corrected chi connectivity index (χ3v) is 3.53. The molecule has 1 aromatic heterocycles. The Hall–Kier alpha value is -1.65. The van der Waals surface area contributed by atoms with E-state index >= 15 is 0 Å². The Bertz CT molecular complexity index is 502. The first-order valence-electron chi connectivity index (χ1n) is 5.85. The number of halogens is 1. The second-order valence-electron chi connectivity index (χ2n) is 4.57. The summed E-state index contributed by atoms with van der Waals surface area (Å²) in [6.45, 7) is 0. The van der Waals surface area contributed by atoms with Gasteiger partial charge >= 0.3 is 6.09 Å². The van der Waals surface area contributed by atoms with Crippen molar-refractivity contribution < 1.29 is 14.3 Å². The monoisotopic (exact) mass is 236 g/mol. The number of carboxylic acid groups (broad SMARTS) is 1. The van der Waals surface area contributed by atoms with Crippen molar-refractivity contribution in [1.82, 2.24) is 4.98 Å². The summed E-state index contributed by atoms with van der Waals surface area (Å²) in [5.41, 5.74) is 3.67. The average Bonchev–Trinajstić information content (AvgIpc) is 2.86. The van der Waals surface area contributed by atoms with Gasteiger partial charge in [-0.1, -0.05) is 0 Å². The summed E-state index contributed by atoms with van der Waals surface area (Å²) in [4.78, 5) is 15.2. The summed E-state index contributed by atoms with van der Waals surface area (Å²) in [5, 5.41) is 11.3. The van der Waals surface area contributed by atoms with Crippen molar-refractivity contribution in [2.75, 3.05) is 5.32 Å². The second-order valence-corrected chi connectivity index (χ2v) is 4.57. The largest absolute Gasteiger partial charge is 0.465 e. The Balaban J connectivity index is 2.17. The third-order valence-electron chi connectivity index (χ3n) is 3.53. The maximum atomic E-state index is 13.7. The fraction of sp³-hybridized carbons (Fsp3) is 0.500. The lowest BCUT2D eigenvalue weighted by molar-refractivity contribution is 0.209. The molecule has 2 N–H and O–H groups in total. The summed E-state index contributed by atoms with van der Waals surface area (Å²) in [7, 11) is 0. The number of fused-ring (bicyclic) bond motifs is 2. The van der Waals surface area contributed by atoms with Gasteiger partial charge in [0, 0.05) is 11.3 Å². The molecule has 1 unspecified atom stereocenters. The summed E-state index contributed by atoms with van der Waals surface area (Å²) in [6.07, 6.45) is 1.49. The van der Waals surface area contributed by atoms with Crippen LogP contribution in [0.4, 0.5) is 14.9 Å². The molecule has 1 atom stereocenters. The zero-order valence-corrected chi connectivity index (χ0v) is 9.29. The molecular weight excluding hydrogens is 223 g/mol. The predicted octanol–water partition coefficient (Wildman–Crippen LogP) is 2.62. The molecular formula is C12H13FN2O2. The van der Waals surface area contributed by atoms with E-state index in [4.69, 9.17) is 5.11 Å². The van der Waals surface area contributed by atoms with Crippen LogP contribution in [-0.2, 0) is 19.3 Å². The molecule has 0 radical (unpaired) electrons. The highest BCUT2D eigenvalue weighted by atomic mass is 19.1. The first-order chi connectivity index (χ1) is 8.16. The molecule has 0 bridgehead atoms. The highest BCUT2D eigenvalue weighted by Crippen LogP contribution is 2.41. The number of nitrogens with one attached hydrogen (secondary N) is 1. The van der Waals surface area contributed by atoms with Gasteiger partial charge in [-0.3, -0.25) is 10.3 Å². The van der Waals surface area contributed by atoms with E-state index in [9.17, 15) is 9.18 Å².